The third kappa shape index (κ3) is 1.95. The van der Waals surface area contributed by atoms with Gasteiger partial charge in [-0.25, -0.2) is 0 Å². The summed E-state index contributed by atoms with van der Waals surface area (Å²) in [5.41, 5.74) is 2.97. The summed E-state index contributed by atoms with van der Waals surface area (Å²) in [4.78, 5) is 0. The van der Waals surface area contributed by atoms with Crippen molar-refractivity contribution < 1.29 is 4.74 Å². The van der Waals surface area contributed by atoms with Crippen LogP contribution in [-0.2, 0) is 12.8 Å². The normalized spacial score (nSPS) is 15.9. The topological polar surface area (TPSA) is 9.23 Å². The number of aryl methyl sites for hydroxylation is 2. The second-order valence-corrected chi connectivity index (χ2v) is 4.67. The maximum atomic E-state index is 5.30. The average Bonchev–Trinajstić information content (AvgIpc) is 2.41. The molecule has 0 spiro atoms. The van der Waals surface area contributed by atoms with Gasteiger partial charge in [0, 0.05) is 0 Å². The van der Waals surface area contributed by atoms with E-state index in [0.717, 1.165) is 10.2 Å². The fourth-order valence-corrected chi connectivity index (χ4v) is 2.62. The minimum Gasteiger partial charge on any atom is -0.496 e. The number of methoxy groups -OCH3 is 1. The van der Waals surface area contributed by atoms with Crippen LogP contribution in [-0.4, -0.2) is 7.11 Å². The van der Waals surface area contributed by atoms with Crippen molar-refractivity contribution in [2.45, 2.75) is 32.1 Å². The van der Waals surface area contributed by atoms with Gasteiger partial charge in [-0.1, -0.05) is 6.42 Å². The number of fused-ring (bicyclic) bond motifs is 1. The van der Waals surface area contributed by atoms with Crippen molar-refractivity contribution in [1.29, 1.82) is 0 Å². The van der Waals surface area contributed by atoms with E-state index >= 15 is 0 Å². The van der Waals surface area contributed by atoms with E-state index in [1.165, 1.54) is 43.2 Å². The minimum absolute atomic E-state index is 0.964. The highest BCUT2D eigenvalue weighted by Crippen LogP contribution is 2.31. The average molecular weight is 255 g/mol. The van der Waals surface area contributed by atoms with Crippen molar-refractivity contribution >= 4 is 15.9 Å². The van der Waals surface area contributed by atoms with Gasteiger partial charge in [-0.2, -0.15) is 0 Å². The molecule has 0 fully saturated rings. The SMILES string of the molecule is COc1cc2c(cc1Br)CCCCC2. The van der Waals surface area contributed by atoms with Crippen LogP contribution in [0.4, 0.5) is 0 Å². The summed E-state index contributed by atoms with van der Waals surface area (Å²) in [6.07, 6.45) is 6.43. The van der Waals surface area contributed by atoms with E-state index < -0.39 is 0 Å². The lowest BCUT2D eigenvalue weighted by molar-refractivity contribution is 0.411. The first-order valence-corrected chi connectivity index (χ1v) is 5.96. The van der Waals surface area contributed by atoms with E-state index in [-0.39, 0.29) is 0 Å². The first kappa shape index (κ1) is 10.0. The molecule has 2 heteroatoms. The summed E-state index contributed by atoms with van der Waals surface area (Å²) < 4.78 is 6.39. The van der Waals surface area contributed by atoms with Crippen molar-refractivity contribution in [3.63, 3.8) is 0 Å². The third-order valence-corrected chi connectivity index (χ3v) is 3.49. The van der Waals surface area contributed by atoms with Crippen LogP contribution in [0.1, 0.15) is 30.4 Å². The highest BCUT2D eigenvalue weighted by Gasteiger charge is 2.11. The lowest BCUT2D eigenvalue weighted by atomic mass is 10.0. The Labute approximate surface area is 93.6 Å². The molecular formula is C12H15BrO. The van der Waals surface area contributed by atoms with Gasteiger partial charge in [-0.15, -0.1) is 0 Å². The molecule has 0 saturated carbocycles. The second-order valence-electron chi connectivity index (χ2n) is 3.82. The van der Waals surface area contributed by atoms with Gasteiger partial charge in [0.1, 0.15) is 5.75 Å². The van der Waals surface area contributed by atoms with Gasteiger partial charge < -0.3 is 4.74 Å². The Morgan fingerprint density at radius 3 is 2.36 bits per heavy atom. The molecule has 2 rings (SSSR count). The lowest BCUT2D eigenvalue weighted by Gasteiger charge is -2.10. The molecular weight excluding hydrogens is 240 g/mol. The van der Waals surface area contributed by atoms with Gasteiger partial charge in [0.15, 0.2) is 0 Å². The summed E-state index contributed by atoms with van der Waals surface area (Å²) >= 11 is 3.54. The van der Waals surface area contributed by atoms with Crippen molar-refractivity contribution in [2.75, 3.05) is 7.11 Å². The van der Waals surface area contributed by atoms with E-state index in [2.05, 4.69) is 28.1 Å². The second kappa shape index (κ2) is 4.35. The highest BCUT2D eigenvalue weighted by molar-refractivity contribution is 9.10. The van der Waals surface area contributed by atoms with Gasteiger partial charge in [0.05, 0.1) is 11.6 Å². The van der Waals surface area contributed by atoms with Gasteiger partial charge >= 0.3 is 0 Å². The van der Waals surface area contributed by atoms with Crippen LogP contribution in [0.15, 0.2) is 16.6 Å². The Morgan fingerprint density at radius 1 is 1.07 bits per heavy atom. The zero-order chi connectivity index (χ0) is 9.97. The van der Waals surface area contributed by atoms with Gasteiger partial charge in [0.2, 0.25) is 0 Å². The summed E-state index contributed by atoms with van der Waals surface area (Å²) in [5.74, 6) is 0.964. The van der Waals surface area contributed by atoms with Crippen molar-refractivity contribution in [1.82, 2.24) is 0 Å². The summed E-state index contributed by atoms with van der Waals surface area (Å²) in [5, 5.41) is 0. The molecule has 0 aliphatic heterocycles. The fourth-order valence-electron chi connectivity index (χ4n) is 2.07. The zero-order valence-corrected chi connectivity index (χ0v) is 10.1. The Bertz CT molecular complexity index is 333. The molecule has 76 valence electrons. The van der Waals surface area contributed by atoms with Crippen molar-refractivity contribution in [3.8, 4) is 5.75 Å². The summed E-state index contributed by atoms with van der Waals surface area (Å²) in [7, 11) is 1.73. The molecule has 0 bridgehead atoms. The van der Waals surface area contributed by atoms with Crippen LogP contribution in [0.3, 0.4) is 0 Å². The molecule has 0 radical (unpaired) electrons. The Balaban J connectivity index is 2.41. The van der Waals surface area contributed by atoms with Crippen LogP contribution in [0.25, 0.3) is 0 Å². The Kier molecular flexibility index (Phi) is 3.12. The fraction of sp³-hybridized carbons (Fsp3) is 0.500. The first-order chi connectivity index (χ1) is 6.81. The molecule has 1 aromatic carbocycles. The number of hydrogen-bond donors (Lipinski definition) is 0. The molecule has 0 N–H and O–H groups in total. The number of benzene rings is 1. The van der Waals surface area contributed by atoms with Gasteiger partial charge in [-0.3, -0.25) is 0 Å². The number of halogens is 1. The highest BCUT2D eigenvalue weighted by atomic mass is 79.9. The van der Waals surface area contributed by atoms with Crippen molar-refractivity contribution in [3.05, 3.63) is 27.7 Å². The maximum Gasteiger partial charge on any atom is 0.133 e. The molecule has 0 heterocycles. The largest absolute Gasteiger partial charge is 0.496 e. The molecule has 1 aromatic rings. The minimum atomic E-state index is 0.964. The molecule has 1 nitrogen and oxygen atoms in total. The quantitative estimate of drug-likeness (QED) is 0.695. The molecule has 14 heavy (non-hydrogen) atoms. The van der Waals surface area contributed by atoms with Crippen LogP contribution in [0.2, 0.25) is 0 Å². The van der Waals surface area contributed by atoms with Gasteiger partial charge in [0.25, 0.3) is 0 Å². The monoisotopic (exact) mass is 254 g/mol. The predicted octanol–water partition coefficient (Wildman–Crippen LogP) is 3.73. The number of ether oxygens (including phenoxy) is 1. The van der Waals surface area contributed by atoms with E-state index in [4.69, 9.17) is 4.74 Å². The molecule has 0 atom stereocenters. The smallest absolute Gasteiger partial charge is 0.133 e. The first-order valence-electron chi connectivity index (χ1n) is 5.16. The van der Waals surface area contributed by atoms with Gasteiger partial charge in [-0.05, 0) is 64.9 Å². The molecule has 0 aromatic heterocycles. The van der Waals surface area contributed by atoms with E-state index in [1.807, 2.05) is 0 Å². The Morgan fingerprint density at radius 2 is 1.71 bits per heavy atom. The van der Waals surface area contributed by atoms with Crippen molar-refractivity contribution in [2.24, 2.45) is 0 Å². The summed E-state index contributed by atoms with van der Waals surface area (Å²) in [6.45, 7) is 0. The molecule has 0 unspecified atom stereocenters. The van der Waals surface area contributed by atoms with Crippen LogP contribution < -0.4 is 4.74 Å². The van der Waals surface area contributed by atoms with Crippen LogP contribution >= 0.6 is 15.9 Å². The maximum absolute atomic E-state index is 5.30. The summed E-state index contributed by atoms with van der Waals surface area (Å²) in [6, 6.07) is 4.41. The molecule has 1 aliphatic carbocycles. The molecule has 1 aliphatic rings. The van der Waals surface area contributed by atoms with Crippen LogP contribution in [0.5, 0.6) is 5.75 Å². The molecule has 0 amide bonds. The third-order valence-electron chi connectivity index (χ3n) is 2.87. The lowest BCUT2D eigenvalue weighted by Crippen LogP contribution is -1.94. The standard InChI is InChI=1S/C12H15BrO/c1-14-12-8-10-6-4-2-3-5-9(10)7-11(12)13/h7-8H,2-6H2,1H3. The van der Waals surface area contributed by atoms with E-state index in [9.17, 15) is 0 Å². The number of hydrogen-bond acceptors (Lipinski definition) is 1. The predicted molar refractivity (Wildman–Crippen MR) is 62.0 cm³/mol. The molecule has 0 saturated heterocycles. The van der Waals surface area contributed by atoms with Crippen LogP contribution in [0, 0.1) is 0 Å². The zero-order valence-electron chi connectivity index (χ0n) is 8.48. The van der Waals surface area contributed by atoms with E-state index in [0.29, 0.717) is 0 Å². The Hall–Kier alpha value is -0.500. The number of rotatable bonds is 1. The van der Waals surface area contributed by atoms with E-state index in [1.54, 1.807) is 7.11 Å².